The second kappa shape index (κ2) is 12.0. The van der Waals surface area contributed by atoms with Gasteiger partial charge in [-0.2, -0.15) is 0 Å². The van der Waals surface area contributed by atoms with E-state index in [0.717, 1.165) is 57.5 Å². The summed E-state index contributed by atoms with van der Waals surface area (Å²) in [6.45, 7) is 7.72. The molecule has 2 aliphatic rings. The van der Waals surface area contributed by atoms with Crippen molar-refractivity contribution < 1.29 is 14.0 Å². The minimum Gasteiger partial charge on any atom is -0.368 e. The Hall–Kier alpha value is -2.15. The summed E-state index contributed by atoms with van der Waals surface area (Å²) < 4.78 is 13.1. The van der Waals surface area contributed by atoms with E-state index in [-0.39, 0.29) is 23.5 Å². The Labute approximate surface area is 185 Å². The maximum Gasteiger partial charge on any atom is 0.236 e. The largest absolute Gasteiger partial charge is 0.368 e. The molecule has 172 valence electrons. The van der Waals surface area contributed by atoms with Gasteiger partial charge in [-0.05, 0) is 50.1 Å². The quantitative estimate of drug-likeness (QED) is 0.610. The molecule has 0 spiro atoms. The SMILES string of the molecule is CCCCCCNC(=O)C1CCCN(CC(=O)N2CCN(c3ccc(F)cc3)CC2)C1. The molecule has 2 fully saturated rings. The number of amides is 2. The number of piperidine rings is 1. The number of halogens is 1. The van der Waals surface area contributed by atoms with E-state index in [4.69, 9.17) is 0 Å². The van der Waals surface area contributed by atoms with Gasteiger partial charge in [0.05, 0.1) is 12.5 Å². The second-order valence-corrected chi connectivity index (χ2v) is 8.77. The lowest BCUT2D eigenvalue weighted by atomic mass is 9.97. The maximum absolute atomic E-state index is 13.1. The molecule has 31 heavy (non-hydrogen) atoms. The highest BCUT2D eigenvalue weighted by Gasteiger charge is 2.28. The number of benzene rings is 1. The van der Waals surface area contributed by atoms with Crippen molar-refractivity contribution in [2.45, 2.75) is 45.4 Å². The van der Waals surface area contributed by atoms with Gasteiger partial charge in [-0.3, -0.25) is 14.5 Å². The number of piperazine rings is 1. The molecule has 1 aromatic carbocycles. The van der Waals surface area contributed by atoms with E-state index in [1.165, 1.54) is 25.0 Å². The number of carbonyl (C=O) groups excluding carboxylic acids is 2. The predicted octanol–water partition coefficient (Wildman–Crippen LogP) is 2.88. The number of unbranched alkanes of at least 4 members (excludes halogenated alkanes) is 3. The molecule has 0 radical (unpaired) electrons. The summed E-state index contributed by atoms with van der Waals surface area (Å²) in [5.41, 5.74) is 0.994. The first-order valence-corrected chi connectivity index (χ1v) is 11.8. The molecular weight excluding hydrogens is 395 g/mol. The fraction of sp³-hybridized carbons (Fsp3) is 0.667. The summed E-state index contributed by atoms with van der Waals surface area (Å²) in [4.78, 5) is 31.6. The molecular formula is C24H37FN4O2. The number of hydrogen-bond acceptors (Lipinski definition) is 4. The van der Waals surface area contributed by atoms with Crippen LogP contribution >= 0.6 is 0 Å². The number of carbonyl (C=O) groups is 2. The van der Waals surface area contributed by atoms with Gasteiger partial charge in [-0.1, -0.05) is 26.2 Å². The second-order valence-electron chi connectivity index (χ2n) is 8.77. The lowest BCUT2D eigenvalue weighted by Crippen LogP contribution is -2.52. The van der Waals surface area contributed by atoms with Crippen LogP contribution in [0.3, 0.4) is 0 Å². The Bertz CT molecular complexity index is 704. The van der Waals surface area contributed by atoms with Crippen molar-refractivity contribution in [1.29, 1.82) is 0 Å². The molecule has 1 N–H and O–H groups in total. The van der Waals surface area contributed by atoms with E-state index in [2.05, 4.69) is 22.0 Å². The zero-order chi connectivity index (χ0) is 22.1. The van der Waals surface area contributed by atoms with Crippen LogP contribution < -0.4 is 10.2 Å². The van der Waals surface area contributed by atoms with Gasteiger partial charge in [0.2, 0.25) is 11.8 Å². The molecule has 2 aliphatic heterocycles. The molecule has 1 aromatic rings. The molecule has 3 rings (SSSR count). The van der Waals surface area contributed by atoms with Gasteiger partial charge in [-0.25, -0.2) is 4.39 Å². The standard InChI is InChI=1S/C24H37FN4O2/c1-2-3-4-5-12-26-24(31)20-7-6-13-27(18-20)19-23(30)29-16-14-28(15-17-29)22-10-8-21(25)9-11-22/h8-11,20H,2-7,12-19H2,1H3,(H,26,31). The minimum atomic E-state index is -0.234. The first kappa shape index (κ1) is 23.5. The summed E-state index contributed by atoms with van der Waals surface area (Å²) in [5, 5.41) is 3.08. The van der Waals surface area contributed by atoms with Crippen LogP contribution in [0.2, 0.25) is 0 Å². The number of nitrogens with one attached hydrogen (secondary N) is 1. The van der Waals surface area contributed by atoms with Crippen LogP contribution in [0.4, 0.5) is 10.1 Å². The van der Waals surface area contributed by atoms with Crippen molar-refractivity contribution in [1.82, 2.24) is 15.1 Å². The fourth-order valence-corrected chi connectivity index (χ4v) is 4.48. The Morgan fingerprint density at radius 3 is 2.48 bits per heavy atom. The summed E-state index contributed by atoms with van der Waals surface area (Å²) >= 11 is 0. The van der Waals surface area contributed by atoms with Gasteiger partial charge in [0.15, 0.2) is 0 Å². The molecule has 0 aromatic heterocycles. The van der Waals surface area contributed by atoms with Crippen LogP contribution in [0.15, 0.2) is 24.3 Å². The molecule has 2 saturated heterocycles. The smallest absolute Gasteiger partial charge is 0.236 e. The highest BCUT2D eigenvalue weighted by atomic mass is 19.1. The van der Waals surface area contributed by atoms with Crippen molar-refractivity contribution in [2.75, 3.05) is 57.3 Å². The zero-order valence-corrected chi connectivity index (χ0v) is 18.8. The van der Waals surface area contributed by atoms with E-state index >= 15 is 0 Å². The highest BCUT2D eigenvalue weighted by Crippen LogP contribution is 2.19. The third-order valence-electron chi connectivity index (χ3n) is 6.39. The Morgan fingerprint density at radius 2 is 1.77 bits per heavy atom. The fourth-order valence-electron chi connectivity index (χ4n) is 4.48. The van der Waals surface area contributed by atoms with Gasteiger partial charge >= 0.3 is 0 Å². The molecule has 0 aliphatic carbocycles. The highest BCUT2D eigenvalue weighted by molar-refractivity contribution is 5.80. The third kappa shape index (κ3) is 7.20. The minimum absolute atomic E-state index is 0.0111. The average Bonchev–Trinajstić information content (AvgIpc) is 2.79. The molecule has 2 amide bonds. The molecule has 0 saturated carbocycles. The van der Waals surface area contributed by atoms with E-state index in [0.29, 0.717) is 26.2 Å². The van der Waals surface area contributed by atoms with Crippen molar-refractivity contribution >= 4 is 17.5 Å². The van der Waals surface area contributed by atoms with Crippen molar-refractivity contribution in [3.63, 3.8) is 0 Å². The number of rotatable bonds is 9. The normalized spacial score (nSPS) is 20.0. The van der Waals surface area contributed by atoms with Crippen LogP contribution in [0.1, 0.15) is 45.4 Å². The van der Waals surface area contributed by atoms with Crippen molar-refractivity contribution in [3.8, 4) is 0 Å². The van der Waals surface area contributed by atoms with Crippen LogP contribution in [0, 0.1) is 11.7 Å². The summed E-state index contributed by atoms with van der Waals surface area (Å²) in [6.07, 6.45) is 6.48. The number of anilines is 1. The van der Waals surface area contributed by atoms with Gasteiger partial charge in [0, 0.05) is 45.0 Å². The van der Waals surface area contributed by atoms with Crippen LogP contribution in [0.25, 0.3) is 0 Å². The molecule has 2 heterocycles. The third-order valence-corrected chi connectivity index (χ3v) is 6.39. The topological polar surface area (TPSA) is 55.9 Å². The van der Waals surface area contributed by atoms with Crippen molar-refractivity contribution in [2.24, 2.45) is 5.92 Å². The molecule has 0 bridgehead atoms. The summed E-state index contributed by atoms with van der Waals surface area (Å²) in [7, 11) is 0. The van der Waals surface area contributed by atoms with Crippen molar-refractivity contribution in [3.05, 3.63) is 30.1 Å². The first-order chi connectivity index (χ1) is 15.1. The lowest BCUT2D eigenvalue weighted by Gasteiger charge is -2.38. The summed E-state index contributed by atoms with van der Waals surface area (Å²) in [5.74, 6) is 0.0339. The first-order valence-electron chi connectivity index (χ1n) is 11.8. The number of likely N-dealkylation sites (tertiary alicyclic amines) is 1. The number of nitrogens with zero attached hydrogens (tertiary/aromatic N) is 3. The number of hydrogen-bond donors (Lipinski definition) is 1. The van der Waals surface area contributed by atoms with E-state index in [1.807, 2.05) is 4.90 Å². The predicted molar refractivity (Wildman–Crippen MR) is 122 cm³/mol. The Morgan fingerprint density at radius 1 is 1.03 bits per heavy atom. The monoisotopic (exact) mass is 432 g/mol. The Balaban J connectivity index is 1.39. The molecule has 6 nitrogen and oxygen atoms in total. The van der Waals surface area contributed by atoms with E-state index in [1.54, 1.807) is 12.1 Å². The van der Waals surface area contributed by atoms with Crippen LogP contribution in [-0.4, -0.2) is 74.0 Å². The zero-order valence-electron chi connectivity index (χ0n) is 18.8. The summed E-state index contributed by atoms with van der Waals surface area (Å²) in [6, 6.07) is 6.52. The van der Waals surface area contributed by atoms with Gasteiger partial charge in [-0.15, -0.1) is 0 Å². The van der Waals surface area contributed by atoms with Crippen LogP contribution in [-0.2, 0) is 9.59 Å². The van der Waals surface area contributed by atoms with Gasteiger partial charge in [0.1, 0.15) is 5.82 Å². The van der Waals surface area contributed by atoms with Gasteiger partial charge in [0.25, 0.3) is 0 Å². The van der Waals surface area contributed by atoms with Crippen LogP contribution in [0.5, 0.6) is 0 Å². The lowest BCUT2D eigenvalue weighted by molar-refractivity contribution is -0.135. The molecule has 1 atom stereocenters. The molecule has 1 unspecified atom stereocenters. The van der Waals surface area contributed by atoms with E-state index in [9.17, 15) is 14.0 Å². The average molecular weight is 433 g/mol. The van der Waals surface area contributed by atoms with Gasteiger partial charge < -0.3 is 15.1 Å². The molecule has 7 heteroatoms. The van der Waals surface area contributed by atoms with E-state index < -0.39 is 0 Å². The maximum atomic E-state index is 13.1. The Kier molecular flexibility index (Phi) is 9.13.